The number of benzene rings is 1. The third-order valence-corrected chi connectivity index (χ3v) is 5.17. The van der Waals surface area contributed by atoms with Gasteiger partial charge in [0.2, 0.25) is 5.91 Å². The van der Waals surface area contributed by atoms with Gasteiger partial charge in [-0.3, -0.25) is 14.9 Å². The van der Waals surface area contributed by atoms with Crippen molar-refractivity contribution in [3.05, 3.63) is 39.9 Å². The molecule has 1 unspecified atom stereocenters. The summed E-state index contributed by atoms with van der Waals surface area (Å²) in [4.78, 5) is 47.9. The number of alkyl carbamates (subject to hydrolysis) is 1. The van der Waals surface area contributed by atoms with E-state index in [0.29, 0.717) is 6.42 Å². The van der Waals surface area contributed by atoms with Crippen molar-refractivity contribution in [1.29, 1.82) is 0 Å². The van der Waals surface area contributed by atoms with Gasteiger partial charge in [-0.25, -0.2) is 9.59 Å². The summed E-state index contributed by atoms with van der Waals surface area (Å²) in [7, 11) is 1.21. The Morgan fingerprint density at radius 1 is 1.18 bits per heavy atom. The Labute approximate surface area is 199 Å². The van der Waals surface area contributed by atoms with Gasteiger partial charge in [0.25, 0.3) is 5.69 Å². The lowest BCUT2D eigenvalue weighted by atomic mass is 9.96. The van der Waals surface area contributed by atoms with Gasteiger partial charge < -0.3 is 25.2 Å². The van der Waals surface area contributed by atoms with Gasteiger partial charge in [0, 0.05) is 18.1 Å². The third-order valence-electron chi connectivity index (χ3n) is 5.17. The molecule has 0 fully saturated rings. The first-order chi connectivity index (χ1) is 15.8. The number of nitro groups is 1. The smallest absolute Gasteiger partial charge is 0.407 e. The summed E-state index contributed by atoms with van der Waals surface area (Å²) in [5, 5.41) is 27.3. The first-order valence-electron chi connectivity index (χ1n) is 11.1. The fourth-order valence-electron chi connectivity index (χ4n) is 3.20. The molecule has 0 spiro atoms. The first kappa shape index (κ1) is 28.8. The molecule has 11 heteroatoms. The fourth-order valence-corrected chi connectivity index (χ4v) is 3.20. The molecular weight excluding hydrogens is 446 g/mol. The van der Waals surface area contributed by atoms with Crippen LogP contribution in [0.4, 0.5) is 10.5 Å². The van der Waals surface area contributed by atoms with Crippen LogP contribution in [0.15, 0.2) is 24.3 Å². The molecule has 1 rings (SSSR count). The van der Waals surface area contributed by atoms with Crippen LogP contribution in [0.25, 0.3) is 0 Å². The number of hydrogen-bond acceptors (Lipinski definition) is 8. The quantitative estimate of drug-likeness (QED) is 0.247. The monoisotopic (exact) mass is 481 g/mol. The van der Waals surface area contributed by atoms with E-state index in [1.165, 1.54) is 25.3 Å². The molecule has 0 aliphatic heterocycles. The number of rotatable bonds is 11. The number of esters is 1. The maximum absolute atomic E-state index is 12.6. The molecule has 1 aromatic carbocycles. The van der Waals surface area contributed by atoms with Crippen LogP contribution < -0.4 is 10.6 Å². The van der Waals surface area contributed by atoms with Crippen LogP contribution in [0.5, 0.6) is 0 Å². The number of ether oxygens (including phenoxy) is 2. The summed E-state index contributed by atoms with van der Waals surface area (Å²) < 4.78 is 9.99. The molecule has 1 aromatic rings. The minimum atomic E-state index is -1.43. The van der Waals surface area contributed by atoms with Crippen LogP contribution in [-0.2, 0) is 25.5 Å². The predicted molar refractivity (Wildman–Crippen MR) is 124 cm³/mol. The largest absolute Gasteiger partial charge is 0.467 e. The molecule has 0 heterocycles. The van der Waals surface area contributed by atoms with Gasteiger partial charge in [-0.05, 0) is 26.7 Å². The highest BCUT2D eigenvalue weighted by molar-refractivity contribution is 5.85. The standard InChI is InChI=1S/C23H35N3O8/c1-7-14(2)20(21(29)33-6)25-19(28)13-18(27)16(24-22(30)34-23(3,4)5)12-15-10-8-9-11-17(15)26(31)32/h8-11,14,16,18,20,27H,7,12-13H2,1-6H3,(H,24,30)(H,25,28)/t14-,16-,18?,20-/m0/s1. The fraction of sp³-hybridized carbons (Fsp3) is 0.609. The molecule has 0 radical (unpaired) electrons. The topological polar surface area (TPSA) is 157 Å². The first-order valence-corrected chi connectivity index (χ1v) is 11.1. The van der Waals surface area contributed by atoms with E-state index in [1.807, 2.05) is 6.92 Å². The zero-order valence-corrected chi connectivity index (χ0v) is 20.5. The Balaban J connectivity index is 3.08. The van der Waals surface area contributed by atoms with Crippen LogP contribution in [0.3, 0.4) is 0 Å². The molecule has 0 saturated carbocycles. The normalized spacial score (nSPS) is 14.8. The van der Waals surface area contributed by atoms with E-state index in [9.17, 15) is 29.6 Å². The van der Waals surface area contributed by atoms with Crippen molar-refractivity contribution < 1.29 is 33.9 Å². The summed E-state index contributed by atoms with van der Waals surface area (Å²) in [6.07, 6.45) is -2.27. The van der Waals surface area contributed by atoms with Gasteiger partial charge >= 0.3 is 12.1 Å². The molecular formula is C23H35N3O8. The van der Waals surface area contributed by atoms with Gasteiger partial charge in [0.15, 0.2) is 0 Å². The van der Waals surface area contributed by atoms with Crippen LogP contribution in [0, 0.1) is 16.0 Å². The summed E-state index contributed by atoms with van der Waals surface area (Å²) in [6, 6.07) is 3.93. The second-order valence-electron chi connectivity index (χ2n) is 9.07. The van der Waals surface area contributed by atoms with Gasteiger partial charge in [0.05, 0.1) is 30.6 Å². The van der Waals surface area contributed by atoms with Crippen LogP contribution in [0.1, 0.15) is 53.0 Å². The van der Waals surface area contributed by atoms with E-state index in [2.05, 4.69) is 10.6 Å². The number of carbonyl (C=O) groups is 3. The lowest BCUT2D eigenvalue weighted by Gasteiger charge is -2.27. The summed E-state index contributed by atoms with van der Waals surface area (Å²) in [5.74, 6) is -1.46. The average Bonchev–Trinajstić information content (AvgIpc) is 2.74. The highest BCUT2D eigenvalue weighted by Gasteiger charge is 2.31. The van der Waals surface area contributed by atoms with Gasteiger partial charge in [-0.1, -0.05) is 38.5 Å². The lowest BCUT2D eigenvalue weighted by molar-refractivity contribution is -0.385. The maximum Gasteiger partial charge on any atom is 0.407 e. The molecule has 4 atom stereocenters. The highest BCUT2D eigenvalue weighted by Crippen LogP contribution is 2.21. The number of aliphatic hydroxyl groups excluding tert-OH is 1. The molecule has 0 aromatic heterocycles. The van der Waals surface area contributed by atoms with Gasteiger partial charge in [0.1, 0.15) is 11.6 Å². The van der Waals surface area contributed by atoms with Crippen molar-refractivity contribution >= 4 is 23.7 Å². The Bertz CT molecular complexity index is 868. The van der Waals surface area contributed by atoms with E-state index in [-0.39, 0.29) is 23.6 Å². The number of nitrogens with one attached hydrogen (secondary N) is 2. The zero-order valence-electron chi connectivity index (χ0n) is 20.5. The maximum atomic E-state index is 12.6. The molecule has 34 heavy (non-hydrogen) atoms. The SMILES string of the molecule is CC[C@H](C)[C@H](NC(=O)CC(O)[C@H](Cc1ccccc1[N+](=O)[O-])NC(=O)OC(C)(C)C)C(=O)OC. The number of carbonyl (C=O) groups excluding carboxylic acids is 3. The Morgan fingerprint density at radius 3 is 2.32 bits per heavy atom. The highest BCUT2D eigenvalue weighted by atomic mass is 16.6. The van der Waals surface area contributed by atoms with E-state index >= 15 is 0 Å². The lowest BCUT2D eigenvalue weighted by Crippen LogP contribution is -2.50. The van der Waals surface area contributed by atoms with Gasteiger partial charge in [-0.2, -0.15) is 0 Å². The van der Waals surface area contributed by atoms with E-state index < -0.39 is 53.1 Å². The molecule has 3 N–H and O–H groups in total. The van der Waals surface area contributed by atoms with Crippen LogP contribution in [-0.4, -0.2) is 58.9 Å². The van der Waals surface area contributed by atoms with Crippen molar-refractivity contribution in [2.24, 2.45) is 5.92 Å². The number of methoxy groups -OCH3 is 1. The molecule has 0 aliphatic carbocycles. The predicted octanol–water partition coefficient (Wildman–Crippen LogP) is 2.49. The van der Waals surface area contributed by atoms with Gasteiger partial charge in [-0.15, -0.1) is 0 Å². The second kappa shape index (κ2) is 12.9. The third kappa shape index (κ3) is 9.34. The van der Waals surface area contributed by atoms with E-state index in [4.69, 9.17) is 9.47 Å². The number of nitro benzene ring substituents is 1. The zero-order chi connectivity index (χ0) is 26.1. The van der Waals surface area contributed by atoms with Crippen molar-refractivity contribution in [1.82, 2.24) is 10.6 Å². The van der Waals surface area contributed by atoms with Crippen molar-refractivity contribution in [2.75, 3.05) is 7.11 Å². The Morgan fingerprint density at radius 2 is 1.79 bits per heavy atom. The Kier molecular flexibility index (Phi) is 10.9. The molecule has 0 bridgehead atoms. The molecule has 190 valence electrons. The summed E-state index contributed by atoms with van der Waals surface area (Å²) >= 11 is 0. The molecule has 0 aliphatic rings. The van der Waals surface area contributed by atoms with Crippen LogP contribution >= 0.6 is 0 Å². The molecule has 0 saturated heterocycles. The molecule has 2 amide bonds. The number of aliphatic hydroxyl groups is 1. The molecule has 11 nitrogen and oxygen atoms in total. The number of para-hydroxylation sites is 1. The minimum absolute atomic E-state index is 0.128. The number of nitrogens with zero attached hydrogens (tertiary/aromatic N) is 1. The number of amides is 2. The number of hydrogen-bond donors (Lipinski definition) is 3. The van der Waals surface area contributed by atoms with E-state index in [1.54, 1.807) is 33.8 Å². The Hall–Kier alpha value is -3.21. The van der Waals surface area contributed by atoms with Crippen molar-refractivity contribution in [2.45, 2.75) is 77.7 Å². The average molecular weight is 482 g/mol. The van der Waals surface area contributed by atoms with E-state index in [0.717, 1.165) is 0 Å². The summed E-state index contributed by atoms with van der Waals surface area (Å²) in [5.41, 5.74) is -0.738. The minimum Gasteiger partial charge on any atom is -0.467 e. The van der Waals surface area contributed by atoms with Crippen molar-refractivity contribution in [3.63, 3.8) is 0 Å². The van der Waals surface area contributed by atoms with Crippen molar-refractivity contribution in [3.8, 4) is 0 Å². The second-order valence-corrected chi connectivity index (χ2v) is 9.07. The van der Waals surface area contributed by atoms with Crippen LogP contribution in [0.2, 0.25) is 0 Å². The summed E-state index contributed by atoms with van der Waals surface area (Å²) in [6.45, 7) is 8.62.